The zero-order valence-electron chi connectivity index (χ0n) is 25.2. The average molecular weight is 582 g/mol. The molecule has 220 valence electrons. The lowest BCUT2D eigenvalue weighted by atomic mass is 10.00. The number of carbonyl (C=O) groups excluding carboxylic acids is 1. The Balaban J connectivity index is 1.18. The van der Waals surface area contributed by atoms with Gasteiger partial charge in [0.2, 0.25) is 0 Å². The Kier molecular flexibility index (Phi) is 5.68. The lowest BCUT2D eigenvalue weighted by molar-refractivity contribution is 0.0703. The molecule has 2 bridgehead atoms. The van der Waals surface area contributed by atoms with Gasteiger partial charge >= 0.3 is 0 Å². The molecule has 2 atom stereocenters. The summed E-state index contributed by atoms with van der Waals surface area (Å²) >= 11 is 0. The quantitative estimate of drug-likeness (QED) is 0.205. The summed E-state index contributed by atoms with van der Waals surface area (Å²) in [6.07, 6.45) is 7.87. The van der Waals surface area contributed by atoms with Crippen molar-refractivity contribution in [3.8, 4) is 28.4 Å². The Bertz CT molecular complexity index is 2110. The molecule has 2 saturated carbocycles. The molecule has 1 aliphatic heterocycles. The van der Waals surface area contributed by atoms with Crippen molar-refractivity contribution in [2.24, 2.45) is 18.9 Å². The Labute approximate surface area is 256 Å². The second kappa shape index (κ2) is 9.68. The minimum atomic E-state index is 0.101. The first-order valence-electron chi connectivity index (χ1n) is 15.9. The van der Waals surface area contributed by atoms with Crippen LogP contribution < -0.4 is 4.74 Å². The highest BCUT2D eigenvalue weighted by Gasteiger charge is 2.40. The smallest absolute Gasteiger partial charge is 0.254 e. The Hall–Kier alpha value is -4.65. The molecular weight excluding hydrogens is 546 g/mol. The molecule has 3 aliphatic rings. The van der Waals surface area contributed by atoms with E-state index in [-0.39, 0.29) is 5.91 Å². The highest BCUT2D eigenvalue weighted by atomic mass is 16.5. The third-order valence-corrected chi connectivity index (χ3v) is 10.3. The highest BCUT2D eigenvalue weighted by Crippen LogP contribution is 2.41. The monoisotopic (exact) mass is 581 g/mol. The van der Waals surface area contributed by atoms with Crippen LogP contribution in [0.25, 0.3) is 55.5 Å². The van der Waals surface area contributed by atoms with Gasteiger partial charge in [-0.1, -0.05) is 30.3 Å². The van der Waals surface area contributed by atoms with E-state index in [1.54, 1.807) is 7.11 Å². The van der Waals surface area contributed by atoms with E-state index in [0.29, 0.717) is 29.2 Å². The number of aryl methyl sites for hydroxylation is 1. The summed E-state index contributed by atoms with van der Waals surface area (Å²) in [6.45, 7) is 1.83. The predicted octanol–water partition coefficient (Wildman–Crippen LogP) is 7.45. The molecule has 7 heteroatoms. The Morgan fingerprint density at radius 2 is 1.89 bits per heavy atom. The van der Waals surface area contributed by atoms with E-state index in [2.05, 4.69) is 74.6 Å². The highest BCUT2D eigenvalue weighted by molar-refractivity contribution is 6.01. The van der Waals surface area contributed by atoms with Crippen LogP contribution in [0, 0.1) is 11.8 Å². The van der Waals surface area contributed by atoms with Gasteiger partial charge in [0.15, 0.2) is 5.82 Å². The van der Waals surface area contributed by atoms with Crippen molar-refractivity contribution in [3.63, 3.8) is 0 Å². The number of rotatable bonds is 6. The maximum atomic E-state index is 13.7. The summed E-state index contributed by atoms with van der Waals surface area (Å²) in [6, 6.07) is 23.8. The van der Waals surface area contributed by atoms with Crippen molar-refractivity contribution in [1.82, 2.24) is 24.0 Å². The number of amides is 1. The van der Waals surface area contributed by atoms with Gasteiger partial charge in [0.05, 0.1) is 23.8 Å². The van der Waals surface area contributed by atoms with Crippen LogP contribution in [0.4, 0.5) is 0 Å². The van der Waals surface area contributed by atoms with E-state index in [1.165, 1.54) is 41.3 Å². The van der Waals surface area contributed by atoms with Crippen molar-refractivity contribution in [1.29, 1.82) is 0 Å². The molecular formula is C37H35N5O2. The zero-order valence-corrected chi connectivity index (χ0v) is 25.2. The summed E-state index contributed by atoms with van der Waals surface area (Å²) in [5.74, 6) is 3.01. The molecule has 1 amide bonds. The van der Waals surface area contributed by atoms with E-state index < -0.39 is 0 Å². The van der Waals surface area contributed by atoms with Gasteiger partial charge in [-0.3, -0.25) is 9.78 Å². The van der Waals surface area contributed by atoms with Crippen molar-refractivity contribution >= 4 is 38.7 Å². The van der Waals surface area contributed by atoms with Crippen molar-refractivity contribution < 1.29 is 9.53 Å². The molecule has 9 rings (SSSR count). The number of pyridine rings is 1. The molecule has 3 fully saturated rings. The van der Waals surface area contributed by atoms with Crippen molar-refractivity contribution in [2.45, 2.75) is 44.7 Å². The topological polar surface area (TPSA) is 65.2 Å². The van der Waals surface area contributed by atoms with E-state index >= 15 is 0 Å². The van der Waals surface area contributed by atoms with E-state index in [1.807, 2.05) is 24.4 Å². The number of fused-ring (bicyclic) bond motifs is 5. The van der Waals surface area contributed by atoms with E-state index in [9.17, 15) is 4.79 Å². The first-order chi connectivity index (χ1) is 21.6. The largest absolute Gasteiger partial charge is 0.494 e. The summed E-state index contributed by atoms with van der Waals surface area (Å²) < 4.78 is 10.5. The Morgan fingerprint density at radius 1 is 0.977 bits per heavy atom. The average Bonchev–Trinajstić information content (AvgIpc) is 3.34. The standard InChI is InChI=1S/C37H35N5O2/c1-40-35-31(16-26(19-34(35)44-2)37(43)41-21-23-10-13-27(41)15-23)39-36(40)33-18-25-12-11-24(17-32(25)42(33)20-22-8-9-22)28-5-3-7-30-29(28)6-4-14-38-30/h3-7,11-12,14,16-19,22-23,27H,8-10,13,15,20-21H2,1-2H3. The molecule has 3 aromatic carbocycles. The number of imidazole rings is 1. The second-order valence-corrected chi connectivity index (χ2v) is 13.1. The number of aromatic nitrogens is 4. The number of benzene rings is 3. The van der Waals surface area contributed by atoms with Crippen LogP contribution in [-0.2, 0) is 13.6 Å². The molecule has 1 saturated heterocycles. The third-order valence-electron chi connectivity index (χ3n) is 10.3. The van der Waals surface area contributed by atoms with Crippen LogP contribution in [0.5, 0.6) is 5.75 Å². The molecule has 0 N–H and O–H groups in total. The fraction of sp³-hybridized carbons (Fsp3) is 0.324. The van der Waals surface area contributed by atoms with Crippen LogP contribution in [-0.4, -0.2) is 49.6 Å². The van der Waals surface area contributed by atoms with Crippen LogP contribution in [0.1, 0.15) is 42.5 Å². The molecule has 44 heavy (non-hydrogen) atoms. The molecule has 0 radical (unpaired) electrons. The molecule has 2 aliphatic carbocycles. The molecule has 7 nitrogen and oxygen atoms in total. The second-order valence-electron chi connectivity index (χ2n) is 13.1. The maximum Gasteiger partial charge on any atom is 0.254 e. The van der Waals surface area contributed by atoms with Crippen molar-refractivity contribution in [3.05, 3.63) is 78.5 Å². The van der Waals surface area contributed by atoms with Crippen LogP contribution in [0.15, 0.2) is 72.9 Å². The van der Waals surface area contributed by atoms with Gasteiger partial charge in [-0.25, -0.2) is 4.98 Å². The molecule has 3 aromatic heterocycles. The minimum absolute atomic E-state index is 0.101. The van der Waals surface area contributed by atoms with Crippen LogP contribution >= 0.6 is 0 Å². The minimum Gasteiger partial charge on any atom is -0.494 e. The number of likely N-dealkylation sites (tertiary alicyclic amines) is 1. The summed E-state index contributed by atoms with van der Waals surface area (Å²) in [5.41, 5.74) is 8.05. The number of ether oxygens (including phenoxy) is 1. The normalized spacial score (nSPS) is 19.5. The molecule has 4 heterocycles. The SMILES string of the molecule is COc1cc(C(=O)N2CC3CCC2C3)cc2nc(-c3cc4ccc(-c5cccc6ncccc56)cc4n3CC3CC3)n(C)c12. The molecule has 2 unspecified atom stereocenters. The van der Waals surface area contributed by atoms with Gasteiger partial charge in [-0.05, 0) is 91.5 Å². The summed E-state index contributed by atoms with van der Waals surface area (Å²) in [4.78, 5) is 25.5. The number of methoxy groups -OCH3 is 1. The molecule has 0 spiro atoms. The van der Waals surface area contributed by atoms with E-state index in [4.69, 9.17) is 9.72 Å². The molecule has 6 aromatic rings. The first-order valence-corrected chi connectivity index (χ1v) is 15.9. The van der Waals surface area contributed by atoms with Crippen LogP contribution in [0.2, 0.25) is 0 Å². The van der Waals surface area contributed by atoms with Crippen LogP contribution in [0.3, 0.4) is 0 Å². The number of hydrogen-bond acceptors (Lipinski definition) is 4. The Morgan fingerprint density at radius 3 is 2.68 bits per heavy atom. The third kappa shape index (κ3) is 3.98. The van der Waals surface area contributed by atoms with Gasteiger partial charge in [0, 0.05) is 54.2 Å². The van der Waals surface area contributed by atoms with Gasteiger partial charge < -0.3 is 18.8 Å². The number of hydrogen-bond donors (Lipinski definition) is 0. The van der Waals surface area contributed by atoms with Gasteiger partial charge in [-0.2, -0.15) is 0 Å². The fourth-order valence-electron chi connectivity index (χ4n) is 7.88. The van der Waals surface area contributed by atoms with Gasteiger partial charge in [-0.15, -0.1) is 0 Å². The number of piperidine rings is 1. The number of carbonyl (C=O) groups is 1. The number of nitrogens with zero attached hydrogens (tertiary/aromatic N) is 5. The predicted molar refractivity (Wildman–Crippen MR) is 174 cm³/mol. The maximum absolute atomic E-state index is 13.7. The summed E-state index contributed by atoms with van der Waals surface area (Å²) in [5, 5.41) is 2.35. The summed E-state index contributed by atoms with van der Waals surface area (Å²) in [7, 11) is 3.74. The zero-order chi connectivity index (χ0) is 29.5. The first kappa shape index (κ1) is 25.8. The van der Waals surface area contributed by atoms with Crippen molar-refractivity contribution in [2.75, 3.05) is 13.7 Å². The van der Waals surface area contributed by atoms with Gasteiger partial charge in [0.1, 0.15) is 11.3 Å². The fourth-order valence-corrected chi connectivity index (χ4v) is 7.88. The lowest BCUT2D eigenvalue weighted by Gasteiger charge is -2.27. The van der Waals surface area contributed by atoms with Gasteiger partial charge in [0.25, 0.3) is 5.91 Å². The lowest BCUT2D eigenvalue weighted by Crippen LogP contribution is -2.37. The van der Waals surface area contributed by atoms with E-state index in [0.717, 1.165) is 59.4 Å².